The van der Waals surface area contributed by atoms with Crippen molar-refractivity contribution in [2.45, 2.75) is 38.9 Å². The van der Waals surface area contributed by atoms with Crippen molar-refractivity contribution in [1.29, 1.82) is 0 Å². The Morgan fingerprint density at radius 2 is 2.22 bits per heavy atom. The molecule has 0 spiro atoms. The van der Waals surface area contributed by atoms with Crippen LogP contribution in [-0.4, -0.2) is 39.8 Å². The van der Waals surface area contributed by atoms with Crippen molar-refractivity contribution in [2.24, 2.45) is 5.92 Å². The fourth-order valence-electron chi connectivity index (χ4n) is 3.75. The van der Waals surface area contributed by atoms with Crippen LogP contribution < -0.4 is 0 Å². The average molecular weight is 331 g/mol. The van der Waals surface area contributed by atoms with Crippen molar-refractivity contribution < 1.29 is 9.21 Å². The van der Waals surface area contributed by atoms with Gasteiger partial charge in [0.2, 0.25) is 5.91 Å². The van der Waals surface area contributed by atoms with E-state index in [0.717, 1.165) is 49.7 Å². The number of aryl methyl sites for hydroxylation is 1. The van der Waals surface area contributed by atoms with Gasteiger partial charge in [-0.25, -0.2) is 4.98 Å². The molecule has 0 radical (unpaired) electrons. The number of thiazole rings is 1. The molecule has 2 aromatic rings. The van der Waals surface area contributed by atoms with Crippen LogP contribution in [0.1, 0.15) is 30.1 Å². The second-order valence-electron chi connectivity index (χ2n) is 6.58. The first-order valence-electron chi connectivity index (χ1n) is 8.14. The molecule has 0 aromatic carbocycles. The van der Waals surface area contributed by atoms with Crippen LogP contribution in [0.5, 0.6) is 0 Å². The maximum atomic E-state index is 12.8. The van der Waals surface area contributed by atoms with Gasteiger partial charge in [-0.15, -0.1) is 11.3 Å². The monoisotopic (exact) mass is 331 g/mol. The molecule has 0 aliphatic carbocycles. The van der Waals surface area contributed by atoms with E-state index in [2.05, 4.69) is 14.8 Å². The van der Waals surface area contributed by atoms with Gasteiger partial charge < -0.3 is 9.32 Å². The Morgan fingerprint density at radius 3 is 2.96 bits per heavy atom. The van der Waals surface area contributed by atoms with E-state index in [1.54, 1.807) is 11.3 Å². The number of aromatic nitrogens is 1. The molecule has 3 aliphatic heterocycles. The van der Waals surface area contributed by atoms with Crippen molar-refractivity contribution >= 4 is 17.2 Å². The zero-order chi connectivity index (χ0) is 15.8. The quantitative estimate of drug-likeness (QED) is 0.864. The lowest BCUT2D eigenvalue weighted by Crippen LogP contribution is -2.47. The highest BCUT2D eigenvalue weighted by molar-refractivity contribution is 7.07. The minimum Gasteiger partial charge on any atom is -0.465 e. The van der Waals surface area contributed by atoms with Gasteiger partial charge >= 0.3 is 0 Å². The van der Waals surface area contributed by atoms with Gasteiger partial charge in [-0.05, 0) is 31.9 Å². The lowest BCUT2D eigenvalue weighted by molar-refractivity contribution is -0.140. The fraction of sp³-hybridized carbons (Fsp3) is 0.529. The third kappa shape index (κ3) is 3.05. The Kier molecular flexibility index (Phi) is 3.95. The molecular formula is C17H21N3O2S. The Labute approximate surface area is 139 Å². The molecule has 122 valence electrons. The van der Waals surface area contributed by atoms with Crippen LogP contribution in [0.2, 0.25) is 0 Å². The smallest absolute Gasteiger partial charge is 0.227 e. The van der Waals surface area contributed by atoms with E-state index in [0.29, 0.717) is 18.5 Å². The van der Waals surface area contributed by atoms with Gasteiger partial charge in [0.1, 0.15) is 11.5 Å². The lowest BCUT2D eigenvalue weighted by Gasteiger charge is -2.35. The van der Waals surface area contributed by atoms with Gasteiger partial charge in [-0.3, -0.25) is 9.69 Å². The van der Waals surface area contributed by atoms with Gasteiger partial charge in [0, 0.05) is 24.5 Å². The second-order valence-corrected chi connectivity index (χ2v) is 7.30. The highest BCUT2D eigenvalue weighted by Gasteiger charge is 2.40. The van der Waals surface area contributed by atoms with E-state index in [-0.39, 0.29) is 5.92 Å². The zero-order valence-electron chi connectivity index (χ0n) is 13.3. The summed E-state index contributed by atoms with van der Waals surface area (Å²) >= 11 is 1.59. The summed E-state index contributed by atoms with van der Waals surface area (Å²) in [5, 5.41) is 2.04. The van der Waals surface area contributed by atoms with Gasteiger partial charge in [-0.1, -0.05) is 0 Å². The topological polar surface area (TPSA) is 49.6 Å². The number of hydrogen-bond acceptors (Lipinski definition) is 5. The van der Waals surface area contributed by atoms with E-state index >= 15 is 0 Å². The number of amides is 1. The SMILES string of the molecule is Cc1ccc(CN2C[C@@H]3CC[C@H](C2)N(Cc2cscn2)C3=O)o1. The second kappa shape index (κ2) is 6.09. The molecule has 2 bridgehead atoms. The van der Waals surface area contributed by atoms with Crippen LogP contribution in [0.15, 0.2) is 27.4 Å². The molecule has 5 rings (SSSR count). The average Bonchev–Trinajstić information content (AvgIpc) is 3.10. The summed E-state index contributed by atoms with van der Waals surface area (Å²) in [6.07, 6.45) is 2.10. The van der Waals surface area contributed by atoms with Crippen LogP contribution in [0, 0.1) is 12.8 Å². The van der Waals surface area contributed by atoms with Gasteiger partial charge in [0.05, 0.1) is 30.2 Å². The Hall–Kier alpha value is -1.66. The summed E-state index contributed by atoms with van der Waals surface area (Å²) in [4.78, 5) is 21.6. The minimum atomic E-state index is 0.114. The minimum absolute atomic E-state index is 0.114. The van der Waals surface area contributed by atoms with Gasteiger partial charge in [-0.2, -0.15) is 0 Å². The van der Waals surface area contributed by atoms with E-state index < -0.39 is 0 Å². The molecule has 2 aromatic heterocycles. The van der Waals surface area contributed by atoms with Gasteiger partial charge in [0.15, 0.2) is 0 Å². The zero-order valence-corrected chi connectivity index (χ0v) is 14.1. The number of piperidine rings is 1. The number of carbonyl (C=O) groups is 1. The Morgan fingerprint density at radius 1 is 1.30 bits per heavy atom. The number of furan rings is 1. The van der Waals surface area contributed by atoms with Crippen molar-refractivity contribution in [3.63, 3.8) is 0 Å². The summed E-state index contributed by atoms with van der Waals surface area (Å²) in [6.45, 7) is 5.17. The predicted octanol–water partition coefficient (Wildman–Crippen LogP) is 2.67. The van der Waals surface area contributed by atoms with Crippen LogP contribution in [0.25, 0.3) is 0 Å². The molecule has 5 heterocycles. The predicted molar refractivity (Wildman–Crippen MR) is 87.9 cm³/mol. The third-order valence-electron chi connectivity index (χ3n) is 4.86. The largest absolute Gasteiger partial charge is 0.465 e. The maximum Gasteiger partial charge on any atom is 0.227 e. The van der Waals surface area contributed by atoms with E-state index in [9.17, 15) is 4.79 Å². The molecule has 0 N–H and O–H groups in total. The number of carbonyl (C=O) groups excluding carboxylic acids is 1. The third-order valence-corrected chi connectivity index (χ3v) is 5.50. The van der Waals surface area contributed by atoms with Crippen LogP contribution in [0.3, 0.4) is 0 Å². The van der Waals surface area contributed by atoms with E-state index in [4.69, 9.17) is 4.42 Å². The molecule has 3 fully saturated rings. The van der Waals surface area contributed by atoms with Crippen molar-refractivity contribution in [3.8, 4) is 0 Å². The molecule has 6 heteroatoms. The highest BCUT2D eigenvalue weighted by Crippen LogP contribution is 2.31. The van der Waals surface area contributed by atoms with Crippen LogP contribution >= 0.6 is 11.3 Å². The summed E-state index contributed by atoms with van der Waals surface area (Å²) in [5.74, 6) is 2.34. The molecule has 23 heavy (non-hydrogen) atoms. The van der Waals surface area contributed by atoms with Crippen LogP contribution in [-0.2, 0) is 17.9 Å². The first kappa shape index (κ1) is 14.9. The summed E-state index contributed by atoms with van der Waals surface area (Å²) < 4.78 is 5.71. The highest BCUT2D eigenvalue weighted by atomic mass is 32.1. The van der Waals surface area contributed by atoms with Crippen molar-refractivity contribution in [2.75, 3.05) is 13.1 Å². The Bertz CT molecular complexity index is 682. The maximum absolute atomic E-state index is 12.8. The molecule has 2 atom stereocenters. The molecule has 1 amide bonds. The first-order chi connectivity index (χ1) is 11.2. The lowest BCUT2D eigenvalue weighted by atomic mass is 9.94. The van der Waals surface area contributed by atoms with Crippen LogP contribution in [0.4, 0.5) is 0 Å². The van der Waals surface area contributed by atoms with Crippen molar-refractivity contribution in [1.82, 2.24) is 14.8 Å². The summed E-state index contributed by atoms with van der Waals surface area (Å²) in [5.41, 5.74) is 2.84. The number of fused-ring (bicyclic) bond motifs is 4. The van der Waals surface area contributed by atoms with Gasteiger partial charge in [0.25, 0.3) is 0 Å². The molecule has 3 saturated heterocycles. The summed E-state index contributed by atoms with van der Waals surface area (Å²) in [7, 11) is 0. The molecule has 0 saturated carbocycles. The number of rotatable bonds is 4. The van der Waals surface area contributed by atoms with Crippen molar-refractivity contribution in [3.05, 3.63) is 40.2 Å². The fourth-order valence-corrected chi connectivity index (χ4v) is 4.30. The number of nitrogens with zero attached hydrogens (tertiary/aromatic N) is 3. The standard InChI is InChI=1S/C17H21N3O2S/c1-12-2-5-16(22-12)9-19-6-13-3-4-15(8-19)20(17(13)21)7-14-10-23-11-18-14/h2,5,10-11,13,15H,3-4,6-9H2,1H3/t13-,15+/m0/s1. The molecule has 0 unspecified atom stereocenters. The molecule has 3 aliphatic rings. The Balaban J connectivity index is 1.50. The molecule has 5 nitrogen and oxygen atoms in total. The first-order valence-corrected chi connectivity index (χ1v) is 9.08. The van der Waals surface area contributed by atoms with E-state index in [1.807, 2.05) is 29.9 Å². The summed E-state index contributed by atoms with van der Waals surface area (Å²) in [6, 6.07) is 4.33. The normalized spacial score (nSPS) is 25.1. The number of hydrogen-bond donors (Lipinski definition) is 0. The molecular weight excluding hydrogens is 310 g/mol. The van der Waals surface area contributed by atoms with E-state index in [1.165, 1.54) is 0 Å².